The van der Waals surface area contributed by atoms with Gasteiger partial charge in [-0.1, -0.05) is 0 Å². The van der Waals surface area contributed by atoms with Gasteiger partial charge in [-0.2, -0.15) is 9.40 Å². The van der Waals surface area contributed by atoms with Crippen molar-refractivity contribution >= 4 is 10.0 Å². The van der Waals surface area contributed by atoms with Crippen LogP contribution in [0.1, 0.15) is 17.2 Å². The molecule has 8 nitrogen and oxygen atoms in total. The lowest BCUT2D eigenvalue weighted by atomic mass is 10.4. The molecule has 0 unspecified atom stereocenters. The average Bonchev–Trinajstić information content (AvgIpc) is 3.03. The van der Waals surface area contributed by atoms with Crippen molar-refractivity contribution < 1.29 is 13.5 Å². The monoisotopic (exact) mass is 297 g/mol. The number of fused-ring (bicyclic) bond motifs is 1. The van der Waals surface area contributed by atoms with Gasteiger partial charge in [0.1, 0.15) is 16.4 Å². The third kappa shape index (κ3) is 1.94. The summed E-state index contributed by atoms with van der Waals surface area (Å²) in [7, 11) is -3.69. The number of aryl methyl sites for hydroxylation is 1. The van der Waals surface area contributed by atoms with Crippen LogP contribution in [0, 0.1) is 6.92 Å². The fraction of sp³-hybridized carbons (Fsp3) is 0.455. The zero-order chi connectivity index (χ0) is 14.3. The first-order valence-corrected chi connectivity index (χ1v) is 7.63. The second-order valence-electron chi connectivity index (χ2n) is 4.66. The number of H-pyrrole nitrogens is 1. The van der Waals surface area contributed by atoms with Gasteiger partial charge in [0, 0.05) is 25.5 Å². The first-order chi connectivity index (χ1) is 9.54. The molecule has 3 heterocycles. The number of aliphatic hydroxyl groups excluding tert-OH is 1. The fourth-order valence-corrected chi connectivity index (χ4v) is 4.11. The number of nitrogens with zero attached hydrogens (tertiary/aromatic N) is 4. The van der Waals surface area contributed by atoms with Gasteiger partial charge in [-0.25, -0.2) is 13.4 Å². The Morgan fingerprint density at radius 1 is 1.45 bits per heavy atom. The molecule has 1 aliphatic heterocycles. The molecule has 3 rings (SSSR count). The van der Waals surface area contributed by atoms with Gasteiger partial charge >= 0.3 is 0 Å². The van der Waals surface area contributed by atoms with Crippen LogP contribution in [0.5, 0.6) is 0 Å². The minimum absolute atomic E-state index is 0.0695. The second kappa shape index (κ2) is 4.69. The Bertz CT molecular complexity index is 733. The highest BCUT2D eigenvalue weighted by atomic mass is 32.2. The molecule has 0 spiro atoms. The number of aromatic nitrogens is 4. The zero-order valence-corrected chi connectivity index (χ0v) is 11.8. The van der Waals surface area contributed by atoms with E-state index >= 15 is 0 Å². The predicted molar refractivity (Wildman–Crippen MR) is 69.1 cm³/mol. The molecule has 2 N–H and O–H groups in total. The van der Waals surface area contributed by atoms with Crippen molar-refractivity contribution in [2.24, 2.45) is 0 Å². The lowest BCUT2D eigenvalue weighted by molar-refractivity contribution is 0.272. The Labute approximate surface area is 116 Å². The van der Waals surface area contributed by atoms with Gasteiger partial charge in [0.05, 0.1) is 18.8 Å². The van der Waals surface area contributed by atoms with Crippen LogP contribution >= 0.6 is 0 Å². The van der Waals surface area contributed by atoms with Crippen molar-refractivity contribution in [3.63, 3.8) is 0 Å². The van der Waals surface area contributed by atoms with Crippen molar-refractivity contribution in [1.29, 1.82) is 0 Å². The molecule has 0 amide bonds. The molecule has 20 heavy (non-hydrogen) atoms. The number of aliphatic hydroxyl groups is 1. The maximum absolute atomic E-state index is 12.7. The lowest BCUT2D eigenvalue weighted by Gasteiger charge is -2.27. The second-order valence-corrected chi connectivity index (χ2v) is 6.53. The summed E-state index contributed by atoms with van der Waals surface area (Å²) in [5, 5.41) is 15.7. The van der Waals surface area contributed by atoms with Gasteiger partial charge in [0.2, 0.25) is 10.0 Å². The van der Waals surface area contributed by atoms with E-state index in [1.807, 2.05) is 10.8 Å². The molecule has 108 valence electrons. The van der Waals surface area contributed by atoms with E-state index in [4.69, 9.17) is 0 Å². The van der Waals surface area contributed by atoms with Crippen LogP contribution in [0.25, 0.3) is 0 Å². The highest BCUT2D eigenvalue weighted by Gasteiger charge is 2.33. The molecule has 2 aromatic heterocycles. The third-order valence-corrected chi connectivity index (χ3v) is 5.47. The number of nitrogens with one attached hydrogen (secondary N) is 1. The van der Waals surface area contributed by atoms with Crippen LogP contribution < -0.4 is 0 Å². The Balaban J connectivity index is 1.99. The summed E-state index contributed by atoms with van der Waals surface area (Å²) in [6.45, 7) is 2.39. The van der Waals surface area contributed by atoms with Crippen LogP contribution in [-0.4, -0.2) is 44.1 Å². The van der Waals surface area contributed by atoms with Crippen molar-refractivity contribution in [1.82, 2.24) is 24.1 Å². The molecule has 0 saturated carbocycles. The van der Waals surface area contributed by atoms with Gasteiger partial charge in [-0.05, 0) is 6.92 Å². The third-order valence-electron chi connectivity index (χ3n) is 3.42. The van der Waals surface area contributed by atoms with E-state index in [0.29, 0.717) is 24.6 Å². The van der Waals surface area contributed by atoms with E-state index in [-0.39, 0.29) is 17.1 Å². The van der Waals surface area contributed by atoms with E-state index in [2.05, 4.69) is 15.2 Å². The summed E-state index contributed by atoms with van der Waals surface area (Å²) in [5.41, 5.74) is 0.583. The summed E-state index contributed by atoms with van der Waals surface area (Å²) in [6.07, 6.45) is 3.50. The van der Waals surface area contributed by atoms with E-state index < -0.39 is 16.6 Å². The number of imidazole rings is 1. The maximum Gasteiger partial charge on any atom is 0.247 e. The molecule has 1 aliphatic rings. The van der Waals surface area contributed by atoms with Gasteiger partial charge in [0.25, 0.3) is 0 Å². The summed E-state index contributed by atoms with van der Waals surface area (Å²) in [6, 6.07) is 0. The van der Waals surface area contributed by atoms with Crippen molar-refractivity contribution in [3.05, 3.63) is 29.6 Å². The SMILES string of the molecule is Cc1[nH]nc(CO)c1S(=O)(=O)N1CCn2ccnc2C1. The molecule has 0 radical (unpaired) electrons. The van der Waals surface area contributed by atoms with Crippen LogP contribution in [0.15, 0.2) is 17.3 Å². The Hall–Kier alpha value is -1.71. The molecule has 0 fully saturated rings. The normalized spacial score (nSPS) is 16.3. The first kappa shape index (κ1) is 13.3. The standard InChI is InChI=1S/C11H15N5O3S/c1-8-11(9(7-17)14-13-8)20(18,19)16-5-4-15-3-2-12-10(15)6-16/h2-3,17H,4-7H2,1H3,(H,13,14). The minimum atomic E-state index is -3.69. The van der Waals surface area contributed by atoms with E-state index in [1.165, 1.54) is 4.31 Å². The van der Waals surface area contributed by atoms with Gasteiger partial charge in [0.15, 0.2) is 0 Å². The first-order valence-electron chi connectivity index (χ1n) is 6.19. The van der Waals surface area contributed by atoms with E-state index in [0.717, 1.165) is 0 Å². The van der Waals surface area contributed by atoms with Crippen LogP contribution in [0.3, 0.4) is 0 Å². The van der Waals surface area contributed by atoms with Gasteiger partial charge < -0.3 is 9.67 Å². The predicted octanol–water partition coefficient (Wildman–Crippen LogP) is -0.389. The average molecular weight is 297 g/mol. The molecular formula is C11H15N5O3S. The number of hydrogen-bond acceptors (Lipinski definition) is 5. The van der Waals surface area contributed by atoms with E-state index in [9.17, 15) is 13.5 Å². The molecular weight excluding hydrogens is 282 g/mol. The number of sulfonamides is 1. The quantitative estimate of drug-likeness (QED) is 0.803. The topological polar surface area (TPSA) is 104 Å². The van der Waals surface area contributed by atoms with Crippen LogP contribution in [0.2, 0.25) is 0 Å². The van der Waals surface area contributed by atoms with Crippen molar-refractivity contribution in [2.45, 2.75) is 31.5 Å². The summed E-state index contributed by atoms with van der Waals surface area (Å²) in [5.74, 6) is 0.714. The summed E-state index contributed by atoms with van der Waals surface area (Å²) in [4.78, 5) is 4.22. The van der Waals surface area contributed by atoms with Gasteiger partial charge in [-0.3, -0.25) is 5.10 Å². The highest BCUT2D eigenvalue weighted by Crippen LogP contribution is 2.25. The minimum Gasteiger partial charge on any atom is -0.390 e. The zero-order valence-electron chi connectivity index (χ0n) is 10.9. The number of aromatic amines is 1. The Morgan fingerprint density at radius 2 is 2.25 bits per heavy atom. The molecule has 0 bridgehead atoms. The Kier molecular flexibility index (Phi) is 3.11. The Morgan fingerprint density at radius 3 is 3.00 bits per heavy atom. The molecule has 0 aromatic carbocycles. The van der Waals surface area contributed by atoms with Crippen LogP contribution in [-0.2, 0) is 29.7 Å². The van der Waals surface area contributed by atoms with Crippen LogP contribution in [0.4, 0.5) is 0 Å². The fourth-order valence-electron chi connectivity index (χ4n) is 2.40. The molecule has 0 saturated heterocycles. The van der Waals surface area contributed by atoms with Crippen molar-refractivity contribution in [3.8, 4) is 0 Å². The maximum atomic E-state index is 12.7. The highest BCUT2D eigenvalue weighted by molar-refractivity contribution is 7.89. The molecule has 2 aromatic rings. The largest absolute Gasteiger partial charge is 0.390 e. The molecule has 0 atom stereocenters. The van der Waals surface area contributed by atoms with Crippen molar-refractivity contribution in [2.75, 3.05) is 6.54 Å². The number of hydrogen-bond donors (Lipinski definition) is 2. The lowest BCUT2D eigenvalue weighted by Crippen LogP contribution is -2.38. The van der Waals surface area contributed by atoms with E-state index in [1.54, 1.807) is 13.1 Å². The van der Waals surface area contributed by atoms with Gasteiger partial charge in [-0.15, -0.1) is 0 Å². The number of rotatable bonds is 3. The summed E-state index contributed by atoms with van der Waals surface area (Å²) >= 11 is 0. The molecule has 0 aliphatic carbocycles. The summed E-state index contributed by atoms with van der Waals surface area (Å²) < 4.78 is 28.7. The smallest absolute Gasteiger partial charge is 0.247 e. The molecule has 9 heteroatoms.